The summed E-state index contributed by atoms with van der Waals surface area (Å²) >= 11 is 0. The van der Waals surface area contributed by atoms with Gasteiger partial charge in [0.05, 0.1) is 13.5 Å². The van der Waals surface area contributed by atoms with E-state index in [0.717, 1.165) is 0 Å². The van der Waals surface area contributed by atoms with Crippen LogP contribution in [-0.4, -0.2) is 78.2 Å². The van der Waals surface area contributed by atoms with Gasteiger partial charge >= 0.3 is 18.0 Å². The molecule has 21 heavy (non-hydrogen) atoms. The number of carboxylic acids is 1. The highest BCUT2D eigenvalue weighted by atomic mass is 16.5. The van der Waals surface area contributed by atoms with E-state index in [2.05, 4.69) is 15.0 Å². The standard InChI is InChI=1S/C13H23N3O5/c1-8-6-16(7-9(2)15(8)3)13(20)14-10(12(18)19)5-11(17)21-4/h8-10H,5-7H2,1-4H3,(H,14,20)(H,18,19)/t8?,9?,10-/m0/s1. The predicted octanol–water partition coefficient (Wildman–Crippen LogP) is -0.263. The summed E-state index contributed by atoms with van der Waals surface area (Å²) in [4.78, 5) is 38.2. The van der Waals surface area contributed by atoms with Crippen molar-refractivity contribution in [3.05, 3.63) is 0 Å². The van der Waals surface area contributed by atoms with Crippen molar-refractivity contribution in [2.75, 3.05) is 27.2 Å². The van der Waals surface area contributed by atoms with Gasteiger partial charge in [-0.05, 0) is 20.9 Å². The third-order valence-electron chi connectivity index (χ3n) is 3.84. The molecule has 2 amide bonds. The summed E-state index contributed by atoms with van der Waals surface area (Å²) in [6, 6.07) is -1.39. The number of amides is 2. The number of ether oxygens (including phenoxy) is 1. The maximum absolute atomic E-state index is 12.2. The molecule has 1 heterocycles. The summed E-state index contributed by atoms with van der Waals surface area (Å²) in [5, 5.41) is 11.4. The normalized spacial score (nSPS) is 24.3. The number of nitrogens with one attached hydrogen (secondary N) is 1. The number of carboxylic acid groups (broad SMARTS) is 1. The molecule has 120 valence electrons. The molecule has 2 unspecified atom stereocenters. The molecule has 0 aliphatic carbocycles. The Morgan fingerprint density at radius 2 is 1.81 bits per heavy atom. The van der Waals surface area contributed by atoms with Gasteiger partial charge in [0, 0.05) is 25.2 Å². The molecule has 0 spiro atoms. The lowest BCUT2D eigenvalue weighted by Crippen LogP contribution is -2.59. The van der Waals surface area contributed by atoms with Gasteiger partial charge in [-0.3, -0.25) is 9.69 Å². The largest absolute Gasteiger partial charge is 0.480 e. The van der Waals surface area contributed by atoms with Crippen LogP contribution in [0.15, 0.2) is 0 Å². The van der Waals surface area contributed by atoms with Crippen molar-refractivity contribution in [3.63, 3.8) is 0 Å². The van der Waals surface area contributed by atoms with Crippen LogP contribution in [0.4, 0.5) is 4.79 Å². The summed E-state index contributed by atoms with van der Waals surface area (Å²) < 4.78 is 4.43. The van der Waals surface area contributed by atoms with Crippen molar-refractivity contribution in [1.82, 2.24) is 15.1 Å². The molecule has 1 aliphatic heterocycles. The van der Waals surface area contributed by atoms with Crippen molar-refractivity contribution < 1.29 is 24.2 Å². The van der Waals surface area contributed by atoms with Crippen LogP contribution in [0, 0.1) is 0 Å². The average molecular weight is 301 g/mol. The highest BCUT2D eigenvalue weighted by Gasteiger charge is 2.32. The number of nitrogens with zero attached hydrogens (tertiary/aromatic N) is 2. The Labute approximate surface area is 124 Å². The first-order chi connectivity index (χ1) is 9.76. The predicted molar refractivity (Wildman–Crippen MR) is 74.8 cm³/mol. The summed E-state index contributed by atoms with van der Waals surface area (Å²) in [5.74, 6) is -1.94. The number of likely N-dealkylation sites (N-methyl/N-ethyl adjacent to an activating group) is 1. The molecule has 0 aromatic heterocycles. The Balaban J connectivity index is 2.65. The molecule has 0 radical (unpaired) electrons. The van der Waals surface area contributed by atoms with Crippen LogP contribution in [0.1, 0.15) is 20.3 Å². The second-order valence-electron chi connectivity index (χ2n) is 5.39. The Morgan fingerprint density at radius 3 is 2.24 bits per heavy atom. The molecule has 1 fully saturated rings. The highest BCUT2D eigenvalue weighted by molar-refractivity contribution is 5.86. The number of carbonyl (C=O) groups is 3. The Kier molecular flexibility index (Phi) is 5.95. The first-order valence-electron chi connectivity index (χ1n) is 6.83. The monoisotopic (exact) mass is 301 g/mol. The van der Waals surface area contributed by atoms with Gasteiger partial charge in [0.1, 0.15) is 6.04 Å². The van der Waals surface area contributed by atoms with E-state index in [1.165, 1.54) is 7.11 Å². The Morgan fingerprint density at radius 1 is 1.29 bits per heavy atom. The Hall–Kier alpha value is -1.83. The van der Waals surface area contributed by atoms with Gasteiger partial charge in [-0.15, -0.1) is 0 Å². The van der Waals surface area contributed by atoms with Crippen LogP contribution < -0.4 is 5.32 Å². The van der Waals surface area contributed by atoms with Crippen molar-refractivity contribution >= 4 is 18.0 Å². The number of carbonyl (C=O) groups excluding carboxylic acids is 2. The molecule has 0 bridgehead atoms. The molecule has 1 aliphatic rings. The van der Waals surface area contributed by atoms with Gasteiger partial charge in [-0.2, -0.15) is 0 Å². The van der Waals surface area contributed by atoms with E-state index < -0.39 is 30.4 Å². The molecule has 1 rings (SSSR count). The molecule has 1 saturated heterocycles. The minimum absolute atomic E-state index is 0.184. The third-order valence-corrected chi connectivity index (χ3v) is 3.84. The molecule has 8 nitrogen and oxygen atoms in total. The van der Waals surface area contributed by atoms with Crippen LogP contribution in [0.5, 0.6) is 0 Å². The van der Waals surface area contributed by atoms with E-state index in [1.54, 1.807) is 4.90 Å². The van der Waals surface area contributed by atoms with Crippen LogP contribution >= 0.6 is 0 Å². The maximum atomic E-state index is 12.2. The van der Waals surface area contributed by atoms with E-state index in [9.17, 15) is 14.4 Å². The van der Waals surface area contributed by atoms with Crippen LogP contribution in [-0.2, 0) is 14.3 Å². The van der Waals surface area contributed by atoms with Crippen LogP contribution in [0.2, 0.25) is 0 Å². The number of hydrogen-bond acceptors (Lipinski definition) is 5. The van der Waals surface area contributed by atoms with Crippen molar-refractivity contribution in [3.8, 4) is 0 Å². The lowest BCUT2D eigenvalue weighted by Gasteiger charge is -2.42. The van der Waals surface area contributed by atoms with E-state index in [4.69, 9.17) is 5.11 Å². The fraction of sp³-hybridized carbons (Fsp3) is 0.769. The molecule has 0 saturated carbocycles. The molecular weight excluding hydrogens is 278 g/mol. The second kappa shape index (κ2) is 7.26. The van der Waals surface area contributed by atoms with Crippen LogP contribution in [0.25, 0.3) is 0 Å². The topological polar surface area (TPSA) is 99.2 Å². The second-order valence-corrected chi connectivity index (χ2v) is 5.39. The zero-order valence-corrected chi connectivity index (χ0v) is 12.8. The quantitative estimate of drug-likeness (QED) is 0.694. The maximum Gasteiger partial charge on any atom is 0.326 e. The first kappa shape index (κ1) is 17.2. The highest BCUT2D eigenvalue weighted by Crippen LogP contribution is 2.13. The van der Waals surface area contributed by atoms with Gasteiger partial charge in [0.25, 0.3) is 0 Å². The summed E-state index contributed by atoms with van der Waals surface area (Å²) in [6.45, 7) is 5.02. The number of aliphatic carboxylic acids is 1. The van der Waals surface area contributed by atoms with Crippen LogP contribution in [0.3, 0.4) is 0 Å². The van der Waals surface area contributed by atoms with E-state index in [0.29, 0.717) is 13.1 Å². The SMILES string of the molecule is COC(=O)C[C@H](NC(=O)N1CC(C)N(C)C(C)C1)C(=O)O. The van der Waals surface area contributed by atoms with Crippen molar-refractivity contribution in [2.24, 2.45) is 0 Å². The van der Waals surface area contributed by atoms with E-state index in [1.807, 2.05) is 20.9 Å². The molecular formula is C13H23N3O5. The lowest BCUT2D eigenvalue weighted by atomic mass is 10.1. The van der Waals surface area contributed by atoms with Crippen molar-refractivity contribution in [1.29, 1.82) is 0 Å². The number of hydrogen-bond donors (Lipinski definition) is 2. The Bertz CT molecular complexity index is 403. The molecule has 8 heteroatoms. The lowest BCUT2D eigenvalue weighted by molar-refractivity contribution is -0.147. The number of urea groups is 1. The molecule has 0 aromatic rings. The zero-order valence-electron chi connectivity index (χ0n) is 12.8. The molecule has 0 aromatic carbocycles. The van der Waals surface area contributed by atoms with Crippen molar-refractivity contribution in [2.45, 2.75) is 38.4 Å². The minimum atomic E-state index is -1.28. The third kappa shape index (κ3) is 4.59. The summed E-state index contributed by atoms with van der Waals surface area (Å²) in [6.07, 6.45) is -0.392. The molecule has 2 N–H and O–H groups in total. The van der Waals surface area contributed by atoms with E-state index >= 15 is 0 Å². The zero-order chi connectivity index (χ0) is 16.2. The van der Waals surface area contributed by atoms with E-state index in [-0.39, 0.29) is 12.1 Å². The fourth-order valence-corrected chi connectivity index (χ4v) is 2.26. The smallest absolute Gasteiger partial charge is 0.326 e. The van der Waals surface area contributed by atoms with Gasteiger partial charge in [0.2, 0.25) is 0 Å². The van der Waals surface area contributed by atoms with Gasteiger partial charge in [0.15, 0.2) is 0 Å². The molecule has 3 atom stereocenters. The first-order valence-corrected chi connectivity index (χ1v) is 6.83. The number of piperazine rings is 1. The number of methoxy groups -OCH3 is 1. The number of rotatable bonds is 4. The van der Waals surface area contributed by atoms with Gasteiger partial charge in [-0.25, -0.2) is 9.59 Å². The summed E-state index contributed by atoms with van der Waals surface area (Å²) in [5.41, 5.74) is 0. The fourth-order valence-electron chi connectivity index (χ4n) is 2.26. The number of esters is 1. The minimum Gasteiger partial charge on any atom is -0.480 e. The van der Waals surface area contributed by atoms with Gasteiger partial charge < -0.3 is 20.1 Å². The van der Waals surface area contributed by atoms with Gasteiger partial charge in [-0.1, -0.05) is 0 Å². The average Bonchev–Trinajstić information content (AvgIpc) is 2.42. The summed E-state index contributed by atoms with van der Waals surface area (Å²) in [7, 11) is 3.16.